The molecule has 1 aromatic carbocycles. The van der Waals surface area contributed by atoms with Gasteiger partial charge in [-0.3, -0.25) is 14.4 Å². The molecule has 1 aromatic heterocycles. The molecule has 2 heterocycles. The van der Waals surface area contributed by atoms with Crippen molar-refractivity contribution in [2.45, 2.75) is 77.4 Å². The number of carbonyl (C=O) groups is 2. The number of nitrogens with zero attached hydrogens (tertiary/aromatic N) is 3. The largest absolute Gasteiger partial charge is 0.396 e. The molecule has 2 amide bonds. The van der Waals surface area contributed by atoms with E-state index in [0.717, 1.165) is 24.8 Å². The highest BCUT2D eigenvalue weighted by molar-refractivity contribution is 6.00. The summed E-state index contributed by atoms with van der Waals surface area (Å²) >= 11 is 0. The maximum Gasteiger partial charge on any atom is 0.255 e. The van der Waals surface area contributed by atoms with Crippen LogP contribution in [-0.4, -0.2) is 75.8 Å². The minimum absolute atomic E-state index is 0.0137. The van der Waals surface area contributed by atoms with Crippen LogP contribution in [0.2, 0.25) is 0 Å². The monoisotopic (exact) mass is 565 g/mol. The summed E-state index contributed by atoms with van der Waals surface area (Å²) < 4.78 is 1.44. The van der Waals surface area contributed by atoms with Crippen LogP contribution in [0.15, 0.2) is 47.4 Å². The van der Waals surface area contributed by atoms with Gasteiger partial charge in [-0.25, -0.2) is 0 Å². The third-order valence-electron chi connectivity index (χ3n) is 9.40. The molecule has 0 radical (unpaired) electrons. The molecule has 8 nitrogen and oxygen atoms in total. The lowest BCUT2D eigenvalue weighted by Crippen LogP contribution is -2.61. The van der Waals surface area contributed by atoms with Crippen molar-refractivity contribution in [1.29, 1.82) is 0 Å². The molecular formula is C33H47N3O5. The van der Waals surface area contributed by atoms with Gasteiger partial charge in [-0.15, -0.1) is 0 Å². The van der Waals surface area contributed by atoms with Crippen LogP contribution in [0.1, 0.15) is 75.6 Å². The van der Waals surface area contributed by atoms with E-state index < -0.39 is 11.0 Å². The van der Waals surface area contributed by atoms with Crippen LogP contribution >= 0.6 is 0 Å². The van der Waals surface area contributed by atoms with Gasteiger partial charge in [0.05, 0.1) is 17.7 Å². The van der Waals surface area contributed by atoms with Gasteiger partial charge in [0.2, 0.25) is 5.91 Å². The lowest BCUT2D eigenvalue weighted by atomic mass is 9.69. The third kappa shape index (κ3) is 6.92. The first-order valence-electron chi connectivity index (χ1n) is 15.1. The van der Waals surface area contributed by atoms with Crippen molar-refractivity contribution >= 4 is 11.8 Å². The summed E-state index contributed by atoms with van der Waals surface area (Å²) in [6.45, 7) is 4.61. The number of rotatable bonds is 9. The van der Waals surface area contributed by atoms with E-state index >= 15 is 0 Å². The Morgan fingerprint density at radius 3 is 2.39 bits per heavy atom. The lowest BCUT2D eigenvalue weighted by molar-refractivity contribution is -0.158. The molecular weight excluding hydrogens is 518 g/mol. The minimum Gasteiger partial charge on any atom is -0.396 e. The molecule has 1 saturated carbocycles. The van der Waals surface area contributed by atoms with Crippen LogP contribution in [0.4, 0.5) is 0 Å². The molecule has 4 rings (SSSR count). The fraction of sp³-hybridized carbons (Fsp3) is 0.606. The number of aromatic nitrogens is 1. The number of hydrogen-bond donors (Lipinski definition) is 2. The first-order valence-corrected chi connectivity index (χ1v) is 15.1. The number of aliphatic hydroxyl groups excluding tert-OH is 1. The Morgan fingerprint density at radius 1 is 1.10 bits per heavy atom. The van der Waals surface area contributed by atoms with E-state index in [0.29, 0.717) is 43.0 Å². The number of likely N-dealkylation sites (tertiary alicyclic amines) is 1. The number of hydrogen-bond acceptors (Lipinski definition) is 5. The van der Waals surface area contributed by atoms with Gasteiger partial charge in [-0.05, 0) is 30.7 Å². The van der Waals surface area contributed by atoms with Crippen molar-refractivity contribution < 1.29 is 19.8 Å². The van der Waals surface area contributed by atoms with Gasteiger partial charge in [-0.2, -0.15) is 0 Å². The maximum absolute atomic E-state index is 13.7. The number of aliphatic hydroxyl groups is 2. The molecule has 1 aliphatic heterocycles. The highest BCUT2D eigenvalue weighted by Crippen LogP contribution is 2.41. The van der Waals surface area contributed by atoms with Gasteiger partial charge < -0.3 is 24.6 Å². The molecule has 1 unspecified atom stereocenters. The van der Waals surface area contributed by atoms with Gasteiger partial charge in [0.1, 0.15) is 0 Å². The van der Waals surface area contributed by atoms with Gasteiger partial charge in [0.15, 0.2) is 0 Å². The van der Waals surface area contributed by atoms with E-state index in [9.17, 15) is 24.6 Å². The minimum atomic E-state index is -1.27. The summed E-state index contributed by atoms with van der Waals surface area (Å²) in [4.78, 5) is 43.5. The molecule has 1 saturated heterocycles. The highest BCUT2D eigenvalue weighted by Gasteiger charge is 2.49. The summed E-state index contributed by atoms with van der Waals surface area (Å²) in [6, 6.07) is 10.8. The summed E-state index contributed by atoms with van der Waals surface area (Å²) in [6.07, 6.45) is 9.13. The third-order valence-corrected chi connectivity index (χ3v) is 9.40. The van der Waals surface area contributed by atoms with Crippen molar-refractivity contribution in [2.24, 2.45) is 17.3 Å². The predicted octanol–water partition coefficient (Wildman–Crippen LogP) is 4.18. The summed E-state index contributed by atoms with van der Waals surface area (Å²) in [5.74, 6) is 0.154. The lowest BCUT2D eigenvalue weighted by Gasteiger charge is -2.51. The second kappa shape index (κ2) is 12.9. The predicted molar refractivity (Wildman–Crippen MR) is 160 cm³/mol. The Morgan fingerprint density at radius 2 is 1.78 bits per heavy atom. The van der Waals surface area contributed by atoms with E-state index in [1.165, 1.54) is 34.8 Å². The maximum atomic E-state index is 13.7. The first-order chi connectivity index (χ1) is 19.5. The topological polar surface area (TPSA) is 103 Å². The quantitative estimate of drug-likeness (QED) is 0.475. The molecule has 8 heteroatoms. The number of benzene rings is 1. The summed E-state index contributed by atoms with van der Waals surface area (Å²) in [5.41, 5.74) is -0.542. The number of piperidine rings is 1. The normalized spacial score (nSPS) is 21.9. The SMILES string of the molecule is CN(C)C(=O)c1cn(C[C@@]2(O)CCN(C(=O)C(CCO)CC3CCCCC3)CC2(C)C)c(=O)cc1-c1ccccc1. The highest BCUT2D eigenvalue weighted by atomic mass is 16.3. The van der Waals surface area contributed by atoms with Crippen molar-refractivity contribution in [1.82, 2.24) is 14.4 Å². The van der Waals surface area contributed by atoms with Crippen molar-refractivity contribution in [3.05, 3.63) is 58.5 Å². The average Bonchev–Trinajstić information content (AvgIpc) is 2.95. The molecule has 2 N–H and O–H groups in total. The Balaban J connectivity index is 1.56. The fourth-order valence-electron chi connectivity index (χ4n) is 6.67. The smallest absolute Gasteiger partial charge is 0.255 e. The standard InChI is InChI=1S/C33H47N3O5/c1-32(2)22-35(30(39)26(15-18-37)19-24-11-7-5-8-12-24)17-16-33(32,41)23-36-21-28(31(40)34(3)4)27(20-29(36)38)25-13-9-6-10-14-25/h6,9-10,13-14,20-21,24,26,37,41H,5,7-8,11-12,15-19,22-23H2,1-4H3/t26?,33-/m0/s1. The van der Waals surface area contributed by atoms with E-state index in [4.69, 9.17) is 0 Å². The number of amides is 2. The molecule has 1 aliphatic carbocycles. The zero-order valence-corrected chi connectivity index (χ0v) is 25.1. The van der Waals surface area contributed by atoms with Gasteiger partial charge in [0.25, 0.3) is 11.5 Å². The van der Waals surface area contributed by atoms with Gasteiger partial charge in [0, 0.05) is 63.0 Å². The molecule has 224 valence electrons. The molecule has 2 fully saturated rings. The Bertz CT molecular complexity index is 1270. The van der Waals surface area contributed by atoms with Gasteiger partial charge >= 0.3 is 0 Å². The van der Waals surface area contributed by atoms with Crippen LogP contribution < -0.4 is 5.56 Å². The van der Waals surface area contributed by atoms with E-state index in [-0.39, 0.29) is 36.4 Å². The van der Waals surface area contributed by atoms with E-state index in [1.807, 2.05) is 49.1 Å². The number of pyridine rings is 1. The number of carbonyl (C=O) groups excluding carboxylic acids is 2. The van der Waals surface area contributed by atoms with Crippen molar-refractivity contribution in [3.8, 4) is 11.1 Å². The molecule has 2 aromatic rings. The van der Waals surface area contributed by atoms with Crippen molar-refractivity contribution in [3.63, 3.8) is 0 Å². The molecule has 0 spiro atoms. The molecule has 0 bridgehead atoms. The summed E-state index contributed by atoms with van der Waals surface area (Å²) in [5, 5.41) is 21.7. The van der Waals surface area contributed by atoms with Gasteiger partial charge in [-0.1, -0.05) is 76.3 Å². The van der Waals surface area contributed by atoms with Crippen LogP contribution in [0.25, 0.3) is 11.1 Å². The van der Waals surface area contributed by atoms with Crippen LogP contribution in [0.5, 0.6) is 0 Å². The zero-order valence-electron chi connectivity index (χ0n) is 25.1. The molecule has 2 aliphatic rings. The summed E-state index contributed by atoms with van der Waals surface area (Å²) in [7, 11) is 3.35. The fourth-order valence-corrected chi connectivity index (χ4v) is 6.67. The van der Waals surface area contributed by atoms with Crippen molar-refractivity contribution in [2.75, 3.05) is 33.8 Å². The van der Waals surface area contributed by atoms with Crippen LogP contribution in [-0.2, 0) is 11.3 Å². The second-order valence-electron chi connectivity index (χ2n) is 13.0. The van der Waals surface area contributed by atoms with E-state index in [1.54, 1.807) is 20.3 Å². The van der Waals surface area contributed by atoms with E-state index in [2.05, 4.69) is 0 Å². The Kier molecular flexibility index (Phi) is 9.75. The molecule has 41 heavy (non-hydrogen) atoms. The molecule has 2 atom stereocenters. The zero-order chi connectivity index (χ0) is 29.8. The van der Waals surface area contributed by atoms with Crippen LogP contribution in [0.3, 0.4) is 0 Å². The average molecular weight is 566 g/mol. The van der Waals surface area contributed by atoms with Crippen LogP contribution in [0, 0.1) is 17.3 Å². The Hall–Kier alpha value is -2.97. The second-order valence-corrected chi connectivity index (χ2v) is 13.0. The Labute approximate surface area is 244 Å². The first kappa shape index (κ1) is 31.0.